The molecule has 0 aliphatic rings. The Balaban J connectivity index is 2.35. The largest absolute Gasteiger partial charge is 0.507 e. The van der Waals surface area contributed by atoms with Crippen molar-refractivity contribution >= 4 is 15.9 Å². The van der Waals surface area contributed by atoms with Crippen molar-refractivity contribution < 1.29 is 9.84 Å². The highest BCUT2D eigenvalue weighted by Crippen LogP contribution is 2.36. The van der Waals surface area contributed by atoms with Crippen molar-refractivity contribution in [3.63, 3.8) is 0 Å². The minimum atomic E-state index is -0.138. The Hall–Kier alpha value is -1.48. The molecule has 0 spiro atoms. The lowest BCUT2D eigenvalue weighted by Crippen LogP contribution is -2.18. The highest BCUT2D eigenvalue weighted by Gasteiger charge is 2.23. The topological polar surface area (TPSA) is 29.5 Å². The molecule has 1 N–H and O–H groups in total. The maximum atomic E-state index is 9.61. The van der Waals surface area contributed by atoms with E-state index in [0.29, 0.717) is 11.1 Å². The van der Waals surface area contributed by atoms with Gasteiger partial charge in [0.25, 0.3) is 0 Å². The summed E-state index contributed by atoms with van der Waals surface area (Å²) in [6.07, 6.45) is 0. The molecule has 0 amide bonds. The van der Waals surface area contributed by atoms with Gasteiger partial charge in [-0.3, -0.25) is 0 Å². The van der Waals surface area contributed by atoms with Gasteiger partial charge in [-0.25, -0.2) is 0 Å². The number of ether oxygens (including phenoxy) is 1. The van der Waals surface area contributed by atoms with E-state index in [1.165, 1.54) is 5.56 Å². The van der Waals surface area contributed by atoms with E-state index in [9.17, 15) is 5.11 Å². The van der Waals surface area contributed by atoms with Crippen molar-refractivity contribution in [3.05, 3.63) is 58.1 Å². The second-order valence-electron chi connectivity index (χ2n) is 5.25. The number of hydrogen-bond donors (Lipinski definition) is 1. The van der Waals surface area contributed by atoms with Crippen LogP contribution in [0, 0.1) is 0 Å². The molecule has 2 rings (SSSR count). The zero-order valence-corrected chi connectivity index (χ0v) is 13.6. The lowest BCUT2D eigenvalue weighted by atomic mass is 9.78. The lowest BCUT2D eigenvalue weighted by Gasteiger charge is -2.26. The fourth-order valence-corrected chi connectivity index (χ4v) is 2.58. The summed E-state index contributed by atoms with van der Waals surface area (Å²) in [5.74, 6) is 1.15. The van der Waals surface area contributed by atoms with Gasteiger partial charge in [0.15, 0.2) is 0 Å². The van der Waals surface area contributed by atoms with Gasteiger partial charge in [0.05, 0.1) is 11.1 Å². The van der Waals surface area contributed by atoms with Crippen LogP contribution in [0.5, 0.6) is 11.5 Å². The fourth-order valence-electron chi connectivity index (χ4n) is 2.20. The van der Waals surface area contributed by atoms with E-state index in [0.717, 1.165) is 11.3 Å². The molecular weight excluding hydrogens is 316 g/mol. The molecule has 0 fully saturated rings. The minimum Gasteiger partial charge on any atom is -0.507 e. The van der Waals surface area contributed by atoms with Gasteiger partial charge >= 0.3 is 0 Å². The number of benzene rings is 2. The summed E-state index contributed by atoms with van der Waals surface area (Å²) >= 11 is 3.37. The Morgan fingerprint density at radius 2 is 1.65 bits per heavy atom. The van der Waals surface area contributed by atoms with E-state index in [1.807, 2.05) is 31.2 Å². The molecule has 2 aromatic carbocycles. The van der Waals surface area contributed by atoms with E-state index < -0.39 is 0 Å². The third-order valence-electron chi connectivity index (χ3n) is 3.56. The van der Waals surface area contributed by atoms with Crippen molar-refractivity contribution in [2.75, 3.05) is 6.61 Å². The molecule has 0 heterocycles. The summed E-state index contributed by atoms with van der Waals surface area (Å²) < 4.78 is 6.19. The number of rotatable bonds is 4. The van der Waals surface area contributed by atoms with Gasteiger partial charge in [0, 0.05) is 5.41 Å². The van der Waals surface area contributed by atoms with Gasteiger partial charge in [0.2, 0.25) is 0 Å². The maximum Gasteiger partial charge on any atom is 0.129 e. The lowest BCUT2D eigenvalue weighted by molar-refractivity contribution is 0.340. The van der Waals surface area contributed by atoms with Crippen LogP contribution in [0.15, 0.2) is 46.9 Å². The summed E-state index contributed by atoms with van der Waals surface area (Å²) in [6, 6.07) is 13.8. The second kappa shape index (κ2) is 5.88. The summed E-state index contributed by atoms with van der Waals surface area (Å²) in [7, 11) is 0. The van der Waals surface area contributed by atoms with E-state index >= 15 is 0 Å². The Labute approximate surface area is 128 Å². The van der Waals surface area contributed by atoms with Crippen LogP contribution in [-0.4, -0.2) is 11.7 Å². The van der Waals surface area contributed by atoms with Crippen LogP contribution >= 0.6 is 15.9 Å². The smallest absolute Gasteiger partial charge is 0.129 e. The minimum absolute atomic E-state index is 0.138. The molecule has 0 radical (unpaired) electrons. The van der Waals surface area contributed by atoms with Gasteiger partial charge in [-0.15, -0.1) is 0 Å². The van der Waals surface area contributed by atoms with E-state index in [1.54, 1.807) is 6.07 Å². The van der Waals surface area contributed by atoms with Crippen molar-refractivity contribution in [3.8, 4) is 11.5 Å². The van der Waals surface area contributed by atoms with Crippen molar-refractivity contribution in [1.29, 1.82) is 0 Å². The van der Waals surface area contributed by atoms with Crippen molar-refractivity contribution in [1.82, 2.24) is 0 Å². The second-order valence-corrected chi connectivity index (χ2v) is 6.10. The van der Waals surface area contributed by atoms with Crippen molar-refractivity contribution in [2.24, 2.45) is 0 Å². The normalized spacial score (nSPS) is 11.4. The Kier molecular flexibility index (Phi) is 4.39. The van der Waals surface area contributed by atoms with Crippen LogP contribution in [0.1, 0.15) is 31.9 Å². The molecule has 0 saturated carbocycles. The van der Waals surface area contributed by atoms with Crippen LogP contribution in [0.4, 0.5) is 0 Å². The number of halogens is 1. The average Bonchev–Trinajstić information content (AvgIpc) is 2.43. The van der Waals surface area contributed by atoms with E-state index in [2.05, 4.69) is 41.9 Å². The monoisotopic (exact) mass is 334 g/mol. The number of hydrogen-bond acceptors (Lipinski definition) is 2. The summed E-state index contributed by atoms with van der Waals surface area (Å²) in [5, 5.41) is 9.61. The van der Waals surface area contributed by atoms with E-state index in [4.69, 9.17) is 4.74 Å². The zero-order chi connectivity index (χ0) is 14.8. The summed E-state index contributed by atoms with van der Waals surface area (Å²) in [4.78, 5) is 0. The molecule has 0 atom stereocenters. The quantitative estimate of drug-likeness (QED) is 0.863. The molecule has 0 aromatic heterocycles. The van der Waals surface area contributed by atoms with Crippen LogP contribution in [0.25, 0.3) is 0 Å². The van der Waals surface area contributed by atoms with E-state index in [-0.39, 0.29) is 11.2 Å². The first-order valence-electron chi connectivity index (χ1n) is 6.67. The molecule has 0 aliphatic heterocycles. The average molecular weight is 335 g/mol. The van der Waals surface area contributed by atoms with Gasteiger partial charge in [-0.05, 0) is 58.2 Å². The fraction of sp³-hybridized carbons (Fsp3) is 0.294. The molecule has 2 nitrogen and oxygen atoms in total. The third kappa shape index (κ3) is 2.98. The highest BCUT2D eigenvalue weighted by molar-refractivity contribution is 9.10. The highest BCUT2D eigenvalue weighted by atomic mass is 79.9. The molecule has 0 unspecified atom stereocenters. The molecule has 0 saturated heterocycles. The molecule has 0 bridgehead atoms. The van der Waals surface area contributed by atoms with Crippen LogP contribution in [0.3, 0.4) is 0 Å². The van der Waals surface area contributed by atoms with Gasteiger partial charge in [-0.1, -0.05) is 32.0 Å². The van der Waals surface area contributed by atoms with Crippen molar-refractivity contribution in [2.45, 2.75) is 26.2 Å². The molecule has 20 heavy (non-hydrogen) atoms. The summed E-state index contributed by atoms with van der Waals surface area (Å²) in [6.45, 7) is 6.99. The maximum absolute atomic E-state index is 9.61. The SMILES string of the molecule is CCOc1ccc(C(C)(C)c2ccc(O)c(Br)c2)cc1. The standard InChI is InChI=1S/C17H19BrO2/c1-4-20-14-8-5-12(6-9-14)17(2,3)13-7-10-16(19)15(18)11-13/h5-11,19H,4H2,1-3H3. The number of phenolic OH excluding ortho intramolecular Hbond substituents is 1. The molecule has 3 heteroatoms. The number of aromatic hydroxyl groups is 1. The first kappa shape index (κ1) is 14.9. The number of phenols is 1. The summed E-state index contributed by atoms with van der Waals surface area (Å²) in [5.41, 5.74) is 2.21. The van der Waals surface area contributed by atoms with Crippen LogP contribution in [-0.2, 0) is 5.41 Å². The van der Waals surface area contributed by atoms with Gasteiger partial charge in [-0.2, -0.15) is 0 Å². The molecule has 0 aliphatic carbocycles. The predicted octanol–water partition coefficient (Wildman–Crippen LogP) is 4.88. The van der Waals surface area contributed by atoms with Crippen LogP contribution in [0.2, 0.25) is 0 Å². The van der Waals surface area contributed by atoms with Gasteiger partial charge in [0.1, 0.15) is 11.5 Å². The van der Waals surface area contributed by atoms with Crippen LogP contribution < -0.4 is 4.74 Å². The molecule has 106 valence electrons. The first-order chi connectivity index (χ1) is 9.45. The van der Waals surface area contributed by atoms with Gasteiger partial charge < -0.3 is 9.84 Å². The third-order valence-corrected chi connectivity index (χ3v) is 4.19. The first-order valence-corrected chi connectivity index (χ1v) is 7.46. The Morgan fingerprint density at radius 3 is 2.20 bits per heavy atom. The molecular formula is C17H19BrO2. The molecule has 2 aromatic rings. The predicted molar refractivity (Wildman–Crippen MR) is 85.5 cm³/mol. The zero-order valence-electron chi connectivity index (χ0n) is 12.0. The Bertz CT molecular complexity index is 588. The Morgan fingerprint density at radius 1 is 1.05 bits per heavy atom.